The van der Waals surface area contributed by atoms with Crippen molar-refractivity contribution in [2.24, 2.45) is 11.8 Å². The molecule has 4 bridgehead atoms. The molecule has 4 aliphatic rings. The first-order chi connectivity index (χ1) is 12.5. The van der Waals surface area contributed by atoms with E-state index in [-0.39, 0.29) is 0 Å². The van der Waals surface area contributed by atoms with Crippen molar-refractivity contribution in [1.29, 1.82) is 0 Å². The van der Waals surface area contributed by atoms with Crippen LogP contribution in [0.5, 0.6) is 0 Å². The van der Waals surface area contributed by atoms with Crippen LogP contribution in [0.4, 0.5) is 0 Å². The second-order valence-electron chi connectivity index (χ2n) is 8.44. The van der Waals surface area contributed by atoms with Gasteiger partial charge in [-0.1, -0.05) is 0 Å². The van der Waals surface area contributed by atoms with Crippen molar-refractivity contribution in [2.45, 2.75) is 47.2 Å². The molecule has 0 aliphatic heterocycles. The Hall–Kier alpha value is 0.0590. The van der Waals surface area contributed by atoms with Gasteiger partial charge < -0.3 is 0 Å². The maximum atomic E-state index is 6.11. The van der Waals surface area contributed by atoms with Gasteiger partial charge in [-0.25, -0.2) is 0 Å². The average Bonchev–Trinajstić information content (AvgIpc) is 2.57. The summed E-state index contributed by atoms with van der Waals surface area (Å²) in [5, 5.41) is 1.72. The van der Waals surface area contributed by atoms with E-state index in [4.69, 9.17) is 23.2 Å². The zero-order valence-electron chi connectivity index (χ0n) is 14.6. The molecule has 2 aromatic rings. The first-order valence-electron chi connectivity index (χ1n) is 9.41. The van der Waals surface area contributed by atoms with Gasteiger partial charge in [-0.15, -0.1) is 0 Å². The van der Waals surface area contributed by atoms with Crippen LogP contribution in [0.25, 0.3) is 0 Å². The van der Waals surface area contributed by atoms with E-state index in [0.29, 0.717) is 38.5 Å². The zero-order valence-corrected chi connectivity index (χ0v) is 19.5. The van der Waals surface area contributed by atoms with Crippen LogP contribution in [0, 0.1) is 11.8 Å². The van der Waals surface area contributed by atoms with Crippen molar-refractivity contribution in [3.63, 3.8) is 0 Å². The Morgan fingerprint density at radius 2 is 1.04 bits per heavy atom. The zero-order chi connectivity index (χ0) is 17.8. The molecule has 0 saturated heterocycles. The number of halogens is 2. The number of rotatable bonds is 4. The van der Waals surface area contributed by atoms with Gasteiger partial charge >= 0.3 is 180 Å². The van der Waals surface area contributed by atoms with E-state index in [9.17, 15) is 0 Å². The third kappa shape index (κ3) is 3.55. The summed E-state index contributed by atoms with van der Waals surface area (Å²) >= 11 is 13.4. The van der Waals surface area contributed by atoms with E-state index in [2.05, 4.69) is 48.5 Å². The molecule has 136 valence electrons. The molecule has 2 aromatic carbocycles. The molecule has 4 heteroatoms. The molecule has 0 N–H and O–H groups in total. The maximum absolute atomic E-state index is 6.11. The standard InChI is InChI=1S/C22H22Cl2Se2/c23-17-1-5-19(6-2-17)25-21-10-15-9-16(11-21)13-22(12-15,14-21)26-20-7-3-18(24)4-8-20/h1-8,15-16H,9-14H2. The first kappa shape index (κ1) is 18.1. The molecule has 0 radical (unpaired) electrons. The van der Waals surface area contributed by atoms with Crippen molar-refractivity contribution in [3.8, 4) is 0 Å². The SMILES string of the molecule is Clc1ccc([Se]C23CC4CC(C2)CC([Se]c2ccc(Cl)cc2)(C4)C3)cc1. The molecule has 4 aliphatic carbocycles. The summed E-state index contributed by atoms with van der Waals surface area (Å²) in [5.74, 6) is 1.94. The Labute approximate surface area is 178 Å². The fourth-order valence-electron chi connectivity index (χ4n) is 5.84. The first-order valence-corrected chi connectivity index (χ1v) is 13.6. The van der Waals surface area contributed by atoms with Crippen LogP contribution in [-0.2, 0) is 0 Å². The molecule has 0 amide bonds. The summed E-state index contributed by atoms with van der Waals surface area (Å²) in [6, 6.07) is 17.4. The average molecular weight is 515 g/mol. The molecule has 0 nitrogen and oxygen atoms in total. The van der Waals surface area contributed by atoms with Crippen LogP contribution in [0.3, 0.4) is 0 Å². The molecule has 4 saturated carbocycles. The molecule has 0 heterocycles. The van der Waals surface area contributed by atoms with E-state index in [1.54, 1.807) is 0 Å². The van der Waals surface area contributed by atoms with Crippen molar-refractivity contribution >= 4 is 62.0 Å². The summed E-state index contributed by atoms with van der Waals surface area (Å²) in [4.78, 5) is 0. The Morgan fingerprint density at radius 3 is 1.42 bits per heavy atom. The fourth-order valence-corrected chi connectivity index (χ4v) is 13.9. The third-order valence-corrected chi connectivity index (χ3v) is 12.7. The monoisotopic (exact) mass is 516 g/mol. The van der Waals surface area contributed by atoms with Gasteiger partial charge in [0.05, 0.1) is 0 Å². The second-order valence-corrected chi connectivity index (χ2v) is 15.8. The topological polar surface area (TPSA) is 0 Å². The molecule has 6 rings (SSSR count). The van der Waals surface area contributed by atoms with E-state index in [1.807, 2.05) is 0 Å². The molecule has 4 fully saturated rings. The van der Waals surface area contributed by atoms with E-state index >= 15 is 0 Å². The summed E-state index contributed by atoms with van der Waals surface area (Å²) < 4.78 is 4.27. The van der Waals surface area contributed by atoms with Crippen molar-refractivity contribution in [1.82, 2.24) is 0 Å². The van der Waals surface area contributed by atoms with Crippen LogP contribution < -0.4 is 8.92 Å². The number of benzene rings is 2. The van der Waals surface area contributed by atoms with E-state index in [1.165, 1.54) is 47.4 Å². The van der Waals surface area contributed by atoms with Gasteiger partial charge in [0.15, 0.2) is 0 Å². The van der Waals surface area contributed by atoms with Crippen LogP contribution >= 0.6 is 23.2 Å². The summed E-state index contributed by atoms with van der Waals surface area (Å²) in [7, 11) is 0. The Morgan fingerprint density at radius 1 is 0.654 bits per heavy atom. The van der Waals surface area contributed by atoms with E-state index < -0.39 is 0 Å². The van der Waals surface area contributed by atoms with Gasteiger partial charge in [0, 0.05) is 0 Å². The molecule has 0 aromatic heterocycles. The van der Waals surface area contributed by atoms with Gasteiger partial charge in [-0.05, 0) is 0 Å². The van der Waals surface area contributed by atoms with Crippen LogP contribution in [0.15, 0.2) is 48.5 Å². The van der Waals surface area contributed by atoms with Crippen molar-refractivity contribution < 1.29 is 0 Å². The van der Waals surface area contributed by atoms with Crippen molar-refractivity contribution in [2.75, 3.05) is 0 Å². The summed E-state index contributed by atoms with van der Waals surface area (Å²) in [5.41, 5.74) is 0. The van der Waals surface area contributed by atoms with E-state index in [0.717, 1.165) is 21.9 Å². The third-order valence-electron chi connectivity index (χ3n) is 6.25. The minimum absolute atomic E-state index is 0.566. The predicted octanol–water partition coefficient (Wildman–Crippen LogP) is 5.28. The number of hydrogen-bond donors (Lipinski definition) is 0. The van der Waals surface area contributed by atoms with Gasteiger partial charge in [0.1, 0.15) is 0 Å². The Balaban J connectivity index is 1.42. The van der Waals surface area contributed by atoms with Crippen LogP contribution in [0.2, 0.25) is 18.7 Å². The molecular weight excluding hydrogens is 493 g/mol. The molecule has 26 heavy (non-hydrogen) atoms. The quantitative estimate of drug-likeness (QED) is 0.487. The normalized spacial score (nSPS) is 35.0. The summed E-state index contributed by atoms with van der Waals surface area (Å²) in [6.45, 7) is 0. The molecular formula is C22H22Cl2Se2. The van der Waals surface area contributed by atoms with Gasteiger partial charge in [0.2, 0.25) is 0 Å². The van der Waals surface area contributed by atoms with Gasteiger partial charge in [-0.3, -0.25) is 0 Å². The summed E-state index contributed by atoms with van der Waals surface area (Å²) in [6.07, 6.45) is 8.86. The fraction of sp³-hybridized carbons (Fsp3) is 0.455. The molecule has 0 spiro atoms. The van der Waals surface area contributed by atoms with Crippen LogP contribution in [-0.4, -0.2) is 29.9 Å². The second kappa shape index (κ2) is 6.84. The molecule has 0 atom stereocenters. The Bertz CT molecular complexity index is 720. The van der Waals surface area contributed by atoms with Crippen LogP contribution in [0.1, 0.15) is 38.5 Å². The predicted molar refractivity (Wildman–Crippen MR) is 114 cm³/mol. The molecule has 0 unspecified atom stereocenters. The minimum atomic E-state index is 0.566. The van der Waals surface area contributed by atoms with Gasteiger partial charge in [-0.2, -0.15) is 0 Å². The number of hydrogen-bond acceptors (Lipinski definition) is 0. The van der Waals surface area contributed by atoms with Gasteiger partial charge in [0.25, 0.3) is 0 Å². The Kier molecular flexibility index (Phi) is 4.76. The van der Waals surface area contributed by atoms with Crippen molar-refractivity contribution in [3.05, 3.63) is 58.6 Å².